The average Bonchev–Trinajstić information content (AvgIpc) is 2.77. The summed E-state index contributed by atoms with van der Waals surface area (Å²) in [5.41, 5.74) is 4.71. The van der Waals surface area contributed by atoms with E-state index in [0.717, 1.165) is 51.7 Å². The van der Waals surface area contributed by atoms with Crippen LogP contribution in [0.1, 0.15) is 57.1 Å². The van der Waals surface area contributed by atoms with Crippen molar-refractivity contribution in [3.05, 3.63) is 89.1 Å². The van der Waals surface area contributed by atoms with Gasteiger partial charge in [0.05, 0.1) is 5.69 Å². The van der Waals surface area contributed by atoms with E-state index in [-0.39, 0.29) is 23.0 Å². The van der Waals surface area contributed by atoms with E-state index in [2.05, 4.69) is 51.1 Å². The highest BCUT2D eigenvalue weighted by Gasteiger charge is 2.44. The van der Waals surface area contributed by atoms with E-state index < -0.39 is 0 Å². The largest absolute Gasteiger partial charge is 0.294 e. The number of ketones is 1. The van der Waals surface area contributed by atoms with Crippen LogP contribution in [0.4, 0.5) is 5.69 Å². The number of carbonyl (C=O) groups is 2. The number of Topliss-reactive ketones (excluding diaryl/α,β-unsaturated/α-hetero) is 1. The predicted octanol–water partition coefficient (Wildman–Crippen LogP) is 6.57. The predicted molar refractivity (Wildman–Crippen MR) is 130 cm³/mol. The Balaban J connectivity index is 1.75. The van der Waals surface area contributed by atoms with Gasteiger partial charge in [-0.05, 0) is 46.2 Å². The minimum absolute atomic E-state index is 0.0769. The number of amides is 1. The van der Waals surface area contributed by atoms with Gasteiger partial charge in [0.15, 0.2) is 5.78 Å². The van der Waals surface area contributed by atoms with E-state index >= 15 is 0 Å². The molecular weight excluding hydrogens is 394 g/mol. The van der Waals surface area contributed by atoms with Crippen LogP contribution in [0.2, 0.25) is 0 Å². The van der Waals surface area contributed by atoms with Gasteiger partial charge in [-0.25, -0.2) is 0 Å². The van der Waals surface area contributed by atoms with E-state index in [1.54, 1.807) is 0 Å². The number of carbonyl (C=O) groups excluding carboxylic acids is 2. The molecule has 3 aromatic rings. The zero-order valence-corrected chi connectivity index (χ0v) is 19.0. The first kappa shape index (κ1) is 20.7. The molecule has 1 amide bonds. The number of allylic oxidation sites excluding steroid dienone is 2. The summed E-state index contributed by atoms with van der Waals surface area (Å²) >= 11 is 0. The van der Waals surface area contributed by atoms with Gasteiger partial charge in [-0.1, -0.05) is 81.4 Å². The fourth-order valence-electron chi connectivity index (χ4n) is 5.54. The van der Waals surface area contributed by atoms with Crippen molar-refractivity contribution in [2.45, 2.75) is 52.4 Å². The summed E-state index contributed by atoms with van der Waals surface area (Å²) in [7, 11) is 0. The van der Waals surface area contributed by atoms with E-state index in [9.17, 15) is 9.59 Å². The normalized spacial score (nSPS) is 20.6. The molecule has 3 heteroatoms. The van der Waals surface area contributed by atoms with Gasteiger partial charge in [-0.3, -0.25) is 14.5 Å². The molecule has 3 nitrogen and oxygen atoms in total. The number of rotatable bonds is 3. The van der Waals surface area contributed by atoms with Crippen LogP contribution in [0.15, 0.2) is 78.0 Å². The lowest BCUT2D eigenvalue weighted by Crippen LogP contribution is -2.44. The molecule has 0 N–H and O–H groups in total. The molecule has 1 unspecified atom stereocenters. The van der Waals surface area contributed by atoms with Gasteiger partial charge in [0.1, 0.15) is 0 Å². The molecular formula is C29H29NO2. The Kier molecular flexibility index (Phi) is 5.00. The summed E-state index contributed by atoms with van der Waals surface area (Å²) in [6.07, 6.45) is 2.40. The molecule has 1 atom stereocenters. The first-order valence-electron chi connectivity index (χ1n) is 11.5. The summed E-state index contributed by atoms with van der Waals surface area (Å²) in [6.45, 7) is 6.37. The number of fused-ring (bicyclic) bond motifs is 1. The number of nitrogens with zero attached hydrogens (tertiary/aromatic N) is 1. The second-order valence-corrected chi connectivity index (χ2v) is 9.84. The monoisotopic (exact) mass is 423 g/mol. The number of hydrogen-bond donors (Lipinski definition) is 0. The summed E-state index contributed by atoms with van der Waals surface area (Å²) in [4.78, 5) is 29.2. The highest BCUT2D eigenvalue weighted by atomic mass is 16.2. The Morgan fingerprint density at radius 3 is 2.44 bits per heavy atom. The van der Waals surface area contributed by atoms with Crippen LogP contribution >= 0.6 is 0 Å². The van der Waals surface area contributed by atoms with Gasteiger partial charge in [-0.2, -0.15) is 0 Å². The first-order chi connectivity index (χ1) is 15.4. The molecule has 0 spiro atoms. The van der Waals surface area contributed by atoms with Crippen LogP contribution < -0.4 is 4.90 Å². The lowest BCUT2D eigenvalue weighted by molar-refractivity contribution is -0.121. The summed E-state index contributed by atoms with van der Waals surface area (Å²) in [5.74, 6) is 0.0611. The zero-order valence-electron chi connectivity index (χ0n) is 19.0. The van der Waals surface area contributed by atoms with Gasteiger partial charge in [0, 0.05) is 30.0 Å². The Bertz CT molecular complexity index is 1260. The fraction of sp³-hybridized carbons (Fsp3) is 0.310. The molecule has 162 valence electrons. The van der Waals surface area contributed by atoms with Crippen molar-refractivity contribution < 1.29 is 9.59 Å². The summed E-state index contributed by atoms with van der Waals surface area (Å²) in [5, 5.41) is 2.27. The Labute approximate surface area is 189 Å². The van der Waals surface area contributed by atoms with E-state index in [0.29, 0.717) is 12.8 Å². The molecule has 0 saturated carbocycles. The number of benzene rings is 3. The van der Waals surface area contributed by atoms with Gasteiger partial charge in [0.25, 0.3) is 0 Å². The third-order valence-corrected chi connectivity index (χ3v) is 6.96. The van der Waals surface area contributed by atoms with Crippen LogP contribution in [0.5, 0.6) is 0 Å². The second kappa shape index (κ2) is 7.74. The molecule has 0 fully saturated rings. The topological polar surface area (TPSA) is 37.4 Å². The smallest absolute Gasteiger partial charge is 0.232 e. The van der Waals surface area contributed by atoms with E-state index in [4.69, 9.17) is 0 Å². The molecule has 1 aliphatic carbocycles. The van der Waals surface area contributed by atoms with Crippen molar-refractivity contribution in [2.24, 2.45) is 5.41 Å². The quantitative estimate of drug-likeness (QED) is 0.478. The molecule has 0 aromatic heterocycles. The first-order valence-corrected chi connectivity index (χ1v) is 11.5. The van der Waals surface area contributed by atoms with Crippen molar-refractivity contribution in [1.29, 1.82) is 0 Å². The van der Waals surface area contributed by atoms with Gasteiger partial charge < -0.3 is 0 Å². The van der Waals surface area contributed by atoms with Crippen LogP contribution in [0, 0.1) is 5.41 Å². The molecule has 3 aromatic carbocycles. The lowest BCUT2D eigenvalue weighted by Gasteiger charge is -2.43. The fourth-order valence-corrected chi connectivity index (χ4v) is 5.54. The number of para-hydroxylation sites is 1. The minimum atomic E-state index is -0.197. The molecule has 1 aliphatic heterocycles. The number of anilines is 1. The molecule has 2 aliphatic rings. The maximum absolute atomic E-state index is 13.7. The van der Waals surface area contributed by atoms with Crippen LogP contribution in [-0.2, 0) is 16.0 Å². The maximum Gasteiger partial charge on any atom is 0.232 e. The second-order valence-electron chi connectivity index (χ2n) is 9.84. The van der Waals surface area contributed by atoms with Crippen molar-refractivity contribution in [2.75, 3.05) is 4.90 Å². The van der Waals surface area contributed by atoms with E-state index in [1.807, 2.05) is 41.3 Å². The van der Waals surface area contributed by atoms with Gasteiger partial charge >= 0.3 is 0 Å². The summed E-state index contributed by atoms with van der Waals surface area (Å²) < 4.78 is 0. The Hall–Kier alpha value is -3.20. The zero-order chi connectivity index (χ0) is 22.5. The molecule has 5 rings (SSSR count). The Morgan fingerprint density at radius 2 is 1.62 bits per heavy atom. The third-order valence-electron chi connectivity index (χ3n) is 6.96. The maximum atomic E-state index is 13.7. The number of hydrogen-bond acceptors (Lipinski definition) is 2. The standard InChI is InChI=1S/C29H29NO2/c1-4-19-10-6-8-15-24(19)30-25-17-29(2,3)18-26(31)28(25)23(16-27(30)32)22-14-9-12-20-11-5-7-13-21(20)22/h5-15,23H,4,16-18H2,1-3H3. The van der Waals surface area contributed by atoms with Crippen LogP contribution in [0.3, 0.4) is 0 Å². The SMILES string of the molecule is CCc1ccccc1N1C(=O)CC(c2cccc3ccccc23)C2=C1CC(C)(C)CC2=O. The highest BCUT2D eigenvalue weighted by Crippen LogP contribution is 2.49. The van der Waals surface area contributed by atoms with Crippen LogP contribution in [0.25, 0.3) is 10.8 Å². The molecule has 0 bridgehead atoms. The third kappa shape index (κ3) is 3.37. The molecule has 0 saturated heterocycles. The minimum Gasteiger partial charge on any atom is -0.294 e. The van der Waals surface area contributed by atoms with Crippen molar-refractivity contribution in [1.82, 2.24) is 0 Å². The van der Waals surface area contributed by atoms with E-state index in [1.165, 1.54) is 0 Å². The Morgan fingerprint density at radius 1 is 0.906 bits per heavy atom. The lowest BCUT2D eigenvalue weighted by atomic mass is 9.68. The molecule has 32 heavy (non-hydrogen) atoms. The molecule has 0 radical (unpaired) electrons. The van der Waals surface area contributed by atoms with Crippen molar-refractivity contribution in [3.8, 4) is 0 Å². The number of aryl methyl sites for hydroxylation is 1. The summed E-state index contributed by atoms with van der Waals surface area (Å²) in [6, 6.07) is 22.6. The average molecular weight is 424 g/mol. The van der Waals surface area contributed by atoms with Crippen molar-refractivity contribution >= 4 is 28.2 Å². The highest BCUT2D eigenvalue weighted by molar-refractivity contribution is 6.08. The van der Waals surface area contributed by atoms with Crippen LogP contribution in [-0.4, -0.2) is 11.7 Å². The van der Waals surface area contributed by atoms with Crippen molar-refractivity contribution in [3.63, 3.8) is 0 Å². The van der Waals surface area contributed by atoms with Gasteiger partial charge in [-0.15, -0.1) is 0 Å². The van der Waals surface area contributed by atoms with Gasteiger partial charge in [0.2, 0.25) is 5.91 Å². The molecule has 1 heterocycles.